The van der Waals surface area contributed by atoms with Crippen molar-refractivity contribution in [3.63, 3.8) is 0 Å². The third-order valence-electron chi connectivity index (χ3n) is 3.49. The molecular formula is C16H20N2O3. The number of hydrogen-bond acceptors (Lipinski definition) is 4. The zero-order valence-corrected chi connectivity index (χ0v) is 12.6. The Balaban J connectivity index is 2.26. The second kappa shape index (κ2) is 6.54. The molecule has 1 aromatic carbocycles. The van der Waals surface area contributed by atoms with E-state index in [4.69, 9.17) is 4.42 Å². The molecule has 0 aliphatic heterocycles. The molecule has 0 fully saturated rings. The van der Waals surface area contributed by atoms with Crippen LogP contribution in [0.5, 0.6) is 0 Å². The Kier molecular flexibility index (Phi) is 4.75. The minimum Gasteiger partial charge on any atom is -0.461 e. The molecule has 5 heteroatoms. The van der Waals surface area contributed by atoms with Crippen molar-refractivity contribution in [2.75, 3.05) is 6.54 Å². The maximum atomic E-state index is 11.0. The Hall–Kier alpha value is -2.14. The summed E-state index contributed by atoms with van der Waals surface area (Å²) in [5, 5.41) is 14.3. The minimum absolute atomic E-state index is 0.117. The molecule has 1 N–H and O–H groups in total. The van der Waals surface area contributed by atoms with Gasteiger partial charge in [0.25, 0.3) is 5.69 Å². The monoisotopic (exact) mass is 288 g/mol. The van der Waals surface area contributed by atoms with Crippen LogP contribution in [0.15, 0.2) is 34.7 Å². The van der Waals surface area contributed by atoms with Gasteiger partial charge in [-0.05, 0) is 32.5 Å². The van der Waals surface area contributed by atoms with Crippen molar-refractivity contribution in [2.45, 2.75) is 33.2 Å². The van der Waals surface area contributed by atoms with Gasteiger partial charge in [-0.2, -0.15) is 0 Å². The maximum Gasteiger partial charge on any atom is 0.273 e. The average Bonchev–Trinajstić information content (AvgIpc) is 2.87. The van der Waals surface area contributed by atoms with Crippen LogP contribution in [0.4, 0.5) is 5.69 Å². The third-order valence-corrected chi connectivity index (χ3v) is 3.49. The van der Waals surface area contributed by atoms with Crippen molar-refractivity contribution < 1.29 is 9.34 Å². The number of nitrogens with one attached hydrogen (secondary N) is 1. The number of hydrogen-bond donors (Lipinski definition) is 1. The summed E-state index contributed by atoms with van der Waals surface area (Å²) in [7, 11) is 0. The first kappa shape index (κ1) is 15.3. The summed E-state index contributed by atoms with van der Waals surface area (Å²) >= 11 is 0. The molecule has 0 saturated heterocycles. The van der Waals surface area contributed by atoms with Crippen molar-refractivity contribution in [1.29, 1.82) is 0 Å². The molecule has 0 aliphatic carbocycles. The Bertz CT molecular complexity index is 634. The second-order valence-corrected chi connectivity index (χ2v) is 5.14. The first-order chi connectivity index (χ1) is 10.0. The molecule has 0 aliphatic rings. The fourth-order valence-corrected chi connectivity index (χ4v) is 2.44. The Morgan fingerprint density at radius 2 is 2.10 bits per heavy atom. The predicted octanol–water partition coefficient (Wildman–Crippen LogP) is 3.70. The lowest BCUT2D eigenvalue weighted by Crippen LogP contribution is -2.27. The molecule has 1 heterocycles. The standard InChI is InChI=1S/C16H20N2O3/c1-4-17-11(2)10-13-8-9-16(21-13)14-6-5-7-15(12(14)3)18(19)20/h5-9,11,17H,4,10H2,1-3H3. The van der Waals surface area contributed by atoms with E-state index in [1.165, 1.54) is 6.07 Å². The van der Waals surface area contributed by atoms with Crippen LogP contribution >= 0.6 is 0 Å². The van der Waals surface area contributed by atoms with Gasteiger partial charge in [-0.25, -0.2) is 0 Å². The van der Waals surface area contributed by atoms with Gasteiger partial charge in [0, 0.05) is 29.7 Å². The molecule has 0 saturated carbocycles. The average molecular weight is 288 g/mol. The van der Waals surface area contributed by atoms with Crippen molar-refractivity contribution in [2.24, 2.45) is 0 Å². The molecule has 0 bridgehead atoms. The molecule has 112 valence electrons. The fraction of sp³-hybridized carbons (Fsp3) is 0.375. The topological polar surface area (TPSA) is 68.3 Å². The van der Waals surface area contributed by atoms with Crippen LogP contribution < -0.4 is 5.32 Å². The molecule has 0 spiro atoms. The third kappa shape index (κ3) is 3.49. The molecule has 1 unspecified atom stereocenters. The van der Waals surface area contributed by atoms with Gasteiger partial charge >= 0.3 is 0 Å². The molecule has 5 nitrogen and oxygen atoms in total. The molecule has 0 radical (unpaired) electrons. The number of furan rings is 1. The van der Waals surface area contributed by atoms with Crippen LogP contribution in [0.3, 0.4) is 0 Å². The van der Waals surface area contributed by atoms with Crippen molar-refractivity contribution in [3.05, 3.63) is 51.8 Å². The van der Waals surface area contributed by atoms with E-state index in [0.29, 0.717) is 17.4 Å². The van der Waals surface area contributed by atoms with Gasteiger partial charge in [-0.3, -0.25) is 10.1 Å². The summed E-state index contributed by atoms with van der Waals surface area (Å²) in [5.41, 5.74) is 1.51. The lowest BCUT2D eigenvalue weighted by molar-refractivity contribution is -0.385. The highest BCUT2D eigenvalue weighted by atomic mass is 16.6. The van der Waals surface area contributed by atoms with Gasteiger partial charge in [-0.15, -0.1) is 0 Å². The van der Waals surface area contributed by atoms with Gasteiger partial charge < -0.3 is 9.73 Å². The van der Waals surface area contributed by atoms with Crippen LogP contribution in [0, 0.1) is 17.0 Å². The zero-order valence-electron chi connectivity index (χ0n) is 12.6. The molecule has 0 amide bonds. The Labute approximate surface area is 124 Å². The molecule has 2 rings (SSSR count). The fourth-order valence-electron chi connectivity index (χ4n) is 2.44. The predicted molar refractivity (Wildman–Crippen MR) is 82.4 cm³/mol. The van der Waals surface area contributed by atoms with Gasteiger partial charge in [0.1, 0.15) is 11.5 Å². The highest BCUT2D eigenvalue weighted by Gasteiger charge is 2.16. The lowest BCUT2D eigenvalue weighted by Gasteiger charge is -2.09. The van der Waals surface area contributed by atoms with Gasteiger partial charge in [-0.1, -0.05) is 19.1 Å². The molecular weight excluding hydrogens is 268 g/mol. The number of nitro benzene ring substituents is 1. The first-order valence-corrected chi connectivity index (χ1v) is 7.09. The van der Waals surface area contributed by atoms with Crippen molar-refractivity contribution in [3.8, 4) is 11.3 Å². The van der Waals surface area contributed by atoms with E-state index in [1.807, 2.05) is 18.2 Å². The van der Waals surface area contributed by atoms with E-state index >= 15 is 0 Å². The molecule has 1 atom stereocenters. The quantitative estimate of drug-likeness (QED) is 0.650. The van der Waals surface area contributed by atoms with Crippen LogP contribution in [0.1, 0.15) is 25.2 Å². The number of likely N-dealkylation sites (N-methyl/N-ethyl adjacent to an activating group) is 1. The number of nitro groups is 1. The SMILES string of the molecule is CCNC(C)Cc1ccc(-c2cccc([N+](=O)[O-])c2C)o1. The van der Waals surface area contributed by atoms with E-state index in [0.717, 1.165) is 24.3 Å². The van der Waals surface area contributed by atoms with E-state index in [-0.39, 0.29) is 10.6 Å². The van der Waals surface area contributed by atoms with Crippen molar-refractivity contribution >= 4 is 5.69 Å². The summed E-state index contributed by atoms with van der Waals surface area (Å²) in [4.78, 5) is 10.6. The van der Waals surface area contributed by atoms with Crippen LogP contribution in [-0.2, 0) is 6.42 Å². The highest BCUT2D eigenvalue weighted by Crippen LogP contribution is 2.31. The zero-order chi connectivity index (χ0) is 15.4. The maximum absolute atomic E-state index is 11.0. The lowest BCUT2D eigenvalue weighted by atomic mass is 10.1. The minimum atomic E-state index is -0.365. The van der Waals surface area contributed by atoms with E-state index in [9.17, 15) is 10.1 Å². The number of benzene rings is 1. The summed E-state index contributed by atoms with van der Waals surface area (Å²) in [5.74, 6) is 1.55. The molecule has 2 aromatic rings. The normalized spacial score (nSPS) is 12.3. The number of rotatable bonds is 6. The number of nitrogens with zero attached hydrogens (tertiary/aromatic N) is 1. The van der Waals surface area contributed by atoms with E-state index in [2.05, 4.69) is 19.2 Å². The van der Waals surface area contributed by atoms with Crippen LogP contribution in [-0.4, -0.2) is 17.5 Å². The van der Waals surface area contributed by atoms with Crippen LogP contribution in [0.25, 0.3) is 11.3 Å². The van der Waals surface area contributed by atoms with E-state index < -0.39 is 0 Å². The Morgan fingerprint density at radius 3 is 2.76 bits per heavy atom. The van der Waals surface area contributed by atoms with Gasteiger partial charge in [0.2, 0.25) is 0 Å². The van der Waals surface area contributed by atoms with Gasteiger partial charge in [0.15, 0.2) is 0 Å². The summed E-state index contributed by atoms with van der Waals surface area (Å²) in [6.45, 7) is 6.83. The second-order valence-electron chi connectivity index (χ2n) is 5.14. The van der Waals surface area contributed by atoms with Gasteiger partial charge in [0.05, 0.1) is 4.92 Å². The summed E-state index contributed by atoms with van der Waals surface area (Å²) in [6.07, 6.45) is 0.793. The summed E-state index contributed by atoms with van der Waals surface area (Å²) < 4.78 is 5.84. The molecule has 21 heavy (non-hydrogen) atoms. The van der Waals surface area contributed by atoms with Crippen molar-refractivity contribution in [1.82, 2.24) is 5.32 Å². The Morgan fingerprint density at radius 1 is 1.33 bits per heavy atom. The van der Waals surface area contributed by atoms with Crippen LogP contribution in [0.2, 0.25) is 0 Å². The smallest absolute Gasteiger partial charge is 0.273 e. The van der Waals surface area contributed by atoms with E-state index in [1.54, 1.807) is 13.0 Å². The largest absolute Gasteiger partial charge is 0.461 e. The highest BCUT2D eigenvalue weighted by molar-refractivity contribution is 5.67. The first-order valence-electron chi connectivity index (χ1n) is 7.09. The molecule has 1 aromatic heterocycles. The summed E-state index contributed by atoms with van der Waals surface area (Å²) in [6, 6.07) is 9.18.